The lowest BCUT2D eigenvalue weighted by molar-refractivity contribution is 0.176. The Labute approximate surface area is 124 Å². The van der Waals surface area contributed by atoms with Gasteiger partial charge in [0.05, 0.1) is 12.1 Å². The molecule has 0 spiro atoms. The van der Waals surface area contributed by atoms with Crippen molar-refractivity contribution < 1.29 is 9.90 Å². The van der Waals surface area contributed by atoms with Gasteiger partial charge >= 0.3 is 6.03 Å². The van der Waals surface area contributed by atoms with Crippen LogP contribution in [0.15, 0.2) is 54.6 Å². The quantitative estimate of drug-likeness (QED) is 0.808. The number of rotatable bonds is 4. The molecule has 0 saturated carbocycles. The number of benzene rings is 2. The van der Waals surface area contributed by atoms with Crippen LogP contribution in [0.1, 0.15) is 18.1 Å². The van der Waals surface area contributed by atoms with Crippen molar-refractivity contribution in [3.63, 3.8) is 0 Å². The maximum absolute atomic E-state index is 12.1. The molecule has 110 valence electrons. The Morgan fingerprint density at radius 3 is 2.29 bits per heavy atom. The monoisotopic (exact) mass is 284 g/mol. The number of nitrogens with one attached hydrogen (secondary N) is 2. The van der Waals surface area contributed by atoms with Crippen molar-refractivity contribution >= 4 is 11.7 Å². The van der Waals surface area contributed by atoms with Gasteiger partial charge < -0.3 is 15.7 Å². The van der Waals surface area contributed by atoms with Gasteiger partial charge in [-0.15, -0.1) is 0 Å². The first-order valence-corrected chi connectivity index (χ1v) is 6.86. The third-order valence-corrected chi connectivity index (χ3v) is 3.43. The molecule has 4 nitrogen and oxygen atoms in total. The van der Waals surface area contributed by atoms with Gasteiger partial charge in [0.2, 0.25) is 0 Å². The van der Waals surface area contributed by atoms with Crippen LogP contribution < -0.4 is 10.6 Å². The third-order valence-electron chi connectivity index (χ3n) is 3.43. The second-order valence-electron chi connectivity index (χ2n) is 5.30. The molecule has 2 rings (SSSR count). The normalized spacial score (nSPS) is 13.3. The lowest BCUT2D eigenvalue weighted by Crippen LogP contribution is -2.48. The van der Waals surface area contributed by atoms with Crippen LogP contribution in [0.2, 0.25) is 0 Å². The summed E-state index contributed by atoms with van der Waals surface area (Å²) in [6.07, 6.45) is 0. The Bertz CT molecular complexity index is 596. The van der Waals surface area contributed by atoms with E-state index in [0.29, 0.717) is 5.69 Å². The van der Waals surface area contributed by atoms with Crippen molar-refractivity contribution in [3.8, 4) is 0 Å². The van der Waals surface area contributed by atoms with E-state index in [-0.39, 0.29) is 12.6 Å². The Hall–Kier alpha value is -2.33. The van der Waals surface area contributed by atoms with Crippen molar-refractivity contribution in [2.75, 3.05) is 11.9 Å². The molecule has 0 aliphatic heterocycles. The largest absolute Gasteiger partial charge is 0.394 e. The number of aliphatic hydroxyl groups excluding tert-OH is 1. The summed E-state index contributed by atoms with van der Waals surface area (Å²) in [6, 6.07) is 16.6. The number of hydrogen-bond acceptors (Lipinski definition) is 2. The van der Waals surface area contributed by atoms with E-state index in [1.54, 1.807) is 6.92 Å². The number of anilines is 1. The summed E-state index contributed by atoms with van der Waals surface area (Å²) in [6.45, 7) is 3.59. The molecule has 3 N–H and O–H groups in total. The molecule has 1 atom stereocenters. The smallest absolute Gasteiger partial charge is 0.320 e. The molecular formula is C17H20N2O2. The first-order chi connectivity index (χ1) is 10.0. The van der Waals surface area contributed by atoms with Crippen LogP contribution in [0, 0.1) is 6.92 Å². The lowest BCUT2D eigenvalue weighted by Gasteiger charge is -2.29. The lowest BCUT2D eigenvalue weighted by atomic mass is 9.93. The summed E-state index contributed by atoms with van der Waals surface area (Å²) >= 11 is 0. The number of aliphatic hydroxyl groups is 1. The number of amides is 2. The van der Waals surface area contributed by atoms with Crippen LogP contribution in [-0.4, -0.2) is 17.7 Å². The highest BCUT2D eigenvalue weighted by molar-refractivity contribution is 5.89. The van der Waals surface area contributed by atoms with Gasteiger partial charge in [-0.3, -0.25) is 0 Å². The summed E-state index contributed by atoms with van der Waals surface area (Å²) in [4.78, 5) is 12.1. The van der Waals surface area contributed by atoms with Crippen LogP contribution in [0.4, 0.5) is 10.5 Å². The molecule has 2 aromatic carbocycles. The van der Waals surface area contributed by atoms with Gasteiger partial charge in [0.15, 0.2) is 0 Å². The van der Waals surface area contributed by atoms with Gasteiger partial charge in [-0.2, -0.15) is 0 Å². The van der Waals surface area contributed by atoms with E-state index in [0.717, 1.165) is 11.1 Å². The molecule has 0 aliphatic carbocycles. The Morgan fingerprint density at radius 2 is 1.71 bits per heavy atom. The van der Waals surface area contributed by atoms with Crippen LogP contribution in [0.3, 0.4) is 0 Å². The highest BCUT2D eigenvalue weighted by Gasteiger charge is 2.27. The Balaban J connectivity index is 2.08. The van der Waals surface area contributed by atoms with Crippen molar-refractivity contribution in [2.45, 2.75) is 19.4 Å². The fourth-order valence-corrected chi connectivity index (χ4v) is 2.06. The van der Waals surface area contributed by atoms with E-state index in [1.165, 1.54) is 0 Å². The van der Waals surface area contributed by atoms with Gasteiger partial charge in [-0.25, -0.2) is 4.79 Å². The zero-order valence-corrected chi connectivity index (χ0v) is 12.3. The molecule has 0 heterocycles. The molecule has 0 fully saturated rings. The average molecular weight is 284 g/mol. The minimum absolute atomic E-state index is 0.182. The van der Waals surface area contributed by atoms with Gasteiger partial charge in [0.25, 0.3) is 0 Å². The van der Waals surface area contributed by atoms with Crippen LogP contribution >= 0.6 is 0 Å². The number of hydrogen-bond donors (Lipinski definition) is 3. The second-order valence-corrected chi connectivity index (χ2v) is 5.30. The van der Waals surface area contributed by atoms with Gasteiger partial charge in [0.1, 0.15) is 0 Å². The number of urea groups is 1. The van der Waals surface area contributed by atoms with Crippen molar-refractivity contribution in [3.05, 3.63) is 65.7 Å². The molecule has 1 unspecified atom stereocenters. The maximum atomic E-state index is 12.1. The molecule has 0 bridgehead atoms. The Morgan fingerprint density at radius 1 is 1.10 bits per heavy atom. The molecule has 0 aromatic heterocycles. The van der Waals surface area contributed by atoms with Crippen molar-refractivity contribution in [2.24, 2.45) is 0 Å². The summed E-state index contributed by atoms with van der Waals surface area (Å²) in [5, 5.41) is 15.2. The van der Waals surface area contributed by atoms with E-state index < -0.39 is 5.54 Å². The van der Waals surface area contributed by atoms with Gasteiger partial charge in [-0.1, -0.05) is 48.0 Å². The number of carbonyl (C=O) groups is 1. The highest BCUT2D eigenvalue weighted by Crippen LogP contribution is 2.20. The SMILES string of the molecule is Cc1ccc(NC(=O)NC(C)(CO)c2ccccc2)cc1. The molecule has 2 amide bonds. The Kier molecular flexibility index (Phi) is 4.60. The first kappa shape index (κ1) is 15.1. The second kappa shape index (κ2) is 6.41. The predicted octanol–water partition coefficient (Wildman–Crippen LogP) is 3.02. The molecule has 0 aliphatic rings. The number of aryl methyl sites for hydroxylation is 1. The standard InChI is InChI=1S/C17H20N2O2/c1-13-8-10-15(11-9-13)18-16(21)19-17(2,12-20)14-6-4-3-5-7-14/h3-11,20H,12H2,1-2H3,(H2,18,19,21). The molecule has 0 saturated heterocycles. The molecular weight excluding hydrogens is 264 g/mol. The van der Waals surface area contributed by atoms with Crippen LogP contribution in [-0.2, 0) is 5.54 Å². The predicted molar refractivity (Wildman–Crippen MR) is 84.2 cm³/mol. The number of carbonyl (C=O) groups excluding carboxylic acids is 1. The van der Waals surface area contributed by atoms with Crippen molar-refractivity contribution in [1.82, 2.24) is 5.32 Å². The highest BCUT2D eigenvalue weighted by atomic mass is 16.3. The van der Waals surface area contributed by atoms with Gasteiger partial charge in [-0.05, 0) is 31.5 Å². The molecule has 4 heteroatoms. The molecule has 21 heavy (non-hydrogen) atoms. The zero-order valence-electron chi connectivity index (χ0n) is 12.3. The van der Waals surface area contributed by atoms with E-state index in [2.05, 4.69) is 10.6 Å². The fourth-order valence-electron chi connectivity index (χ4n) is 2.06. The van der Waals surface area contributed by atoms with Crippen LogP contribution in [0.25, 0.3) is 0 Å². The van der Waals surface area contributed by atoms with E-state index in [9.17, 15) is 9.90 Å². The fraction of sp³-hybridized carbons (Fsp3) is 0.235. The van der Waals surface area contributed by atoms with E-state index in [1.807, 2.05) is 61.5 Å². The molecule has 0 radical (unpaired) electrons. The zero-order chi connectivity index (χ0) is 15.3. The average Bonchev–Trinajstić information content (AvgIpc) is 2.50. The third kappa shape index (κ3) is 3.83. The summed E-state index contributed by atoms with van der Waals surface area (Å²) in [5.41, 5.74) is 1.87. The van der Waals surface area contributed by atoms with Gasteiger partial charge in [0, 0.05) is 5.69 Å². The van der Waals surface area contributed by atoms with E-state index >= 15 is 0 Å². The van der Waals surface area contributed by atoms with Crippen LogP contribution in [0.5, 0.6) is 0 Å². The minimum atomic E-state index is -0.823. The minimum Gasteiger partial charge on any atom is -0.394 e. The topological polar surface area (TPSA) is 61.4 Å². The van der Waals surface area contributed by atoms with Crippen molar-refractivity contribution in [1.29, 1.82) is 0 Å². The van der Waals surface area contributed by atoms with E-state index in [4.69, 9.17) is 0 Å². The summed E-state index contributed by atoms with van der Waals surface area (Å²) < 4.78 is 0. The first-order valence-electron chi connectivity index (χ1n) is 6.86. The maximum Gasteiger partial charge on any atom is 0.320 e. The summed E-state index contributed by atoms with van der Waals surface area (Å²) in [7, 11) is 0. The summed E-state index contributed by atoms with van der Waals surface area (Å²) in [5.74, 6) is 0. The molecule has 2 aromatic rings.